The maximum Gasteiger partial charge on any atom is 0.244 e. The van der Waals surface area contributed by atoms with Crippen LogP contribution in [0.4, 0.5) is 0 Å². The summed E-state index contributed by atoms with van der Waals surface area (Å²) in [6, 6.07) is 12.6. The molecule has 0 aliphatic carbocycles. The molecule has 0 radical (unpaired) electrons. The molecule has 246 valence electrons. The summed E-state index contributed by atoms with van der Waals surface area (Å²) >= 11 is 0. The fourth-order valence-corrected chi connectivity index (χ4v) is 7.13. The molecule has 2 bridgehead atoms. The number of carbonyl (C=O) groups is 6. The van der Waals surface area contributed by atoms with E-state index in [9.17, 15) is 28.8 Å². The number of rotatable bonds is 5. The van der Waals surface area contributed by atoms with Gasteiger partial charge in [0.05, 0.1) is 6.42 Å². The second kappa shape index (κ2) is 17.0. The molecule has 2 aliphatic heterocycles. The van der Waals surface area contributed by atoms with Crippen molar-refractivity contribution in [3.63, 3.8) is 0 Å². The molecule has 2 aromatic rings. The van der Waals surface area contributed by atoms with Gasteiger partial charge in [-0.3, -0.25) is 28.8 Å². The minimum Gasteiger partial charge on any atom is -0.353 e. The van der Waals surface area contributed by atoms with Crippen molar-refractivity contribution in [3.8, 4) is 0 Å². The Kier molecular flexibility index (Phi) is 12.9. The van der Waals surface area contributed by atoms with E-state index in [1.165, 1.54) is 21.6 Å². The van der Waals surface area contributed by atoms with Crippen LogP contribution in [0.1, 0.15) is 31.4 Å². The van der Waals surface area contributed by atoms with Gasteiger partial charge in [0.15, 0.2) is 0 Å². The van der Waals surface area contributed by atoms with E-state index in [0.29, 0.717) is 5.75 Å². The molecule has 2 heterocycles. The molecule has 2 saturated heterocycles. The summed E-state index contributed by atoms with van der Waals surface area (Å²) in [5.41, 5.74) is 1.53. The van der Waals surface area contributed by atoms with E-state index in [0.717, 1.165) is 11.1 Å². The Morgan fingerprint density at radius 2 is 1.17 bits per heavy atom. The highest BCUT2D eigenvalue weighted by molar-refractivity contribution is 8.76. The van der Waals surface area contributed by atoms with Gasteiger partial charge in [-0.05, 0) is 17.0 Å². The highest BCUT2D eigenvalue weighted by atomic mass is 33.1. The third-order valence-electron chi connectivity index (χ3n) is 7.56. The molecule has 46 heavy (non-hydrogen) atoms. The fraction of sp³-hybridized carbons (Fsp3) is 0.438. The Bertz CT molecular complexity index is 1400. The van der Waals surface area contributed by atoms with Crippen molar-refractivity contribution in [1.29, 1.82) is 0 Å². The molecular weight excluding hydrogens is 629 g/mol. The van der Waals surface area contributed by atoms with Crippen LogP contribution in [0.3, 0.4) is 0 Å². The maximum absolute atomic E-state index is 13.9. The number of fused-ring (bicyclic) bond motifs is 7. The second-order valence-electron chi connectivity index (χ2n) is 11.5. The molecule has 4 rings (SSSR count). The Hall–Kier alpha value is -4.04. The summed E-state index contributed by atoms with van der Waals surface area (Å²) < 4.78 is 0. The first-order valence-electron chi connectivity index (χ1n) is 15.2. The molecule has 6 N–H and O–H groups in total. The lowest BCUT2D eigenvalue weighted by Crippen LogP contribution is -2.62. The first-order valence-corrected chi connectivity index (χ1v) is 17.7. The van der Waals surface area contributed by atoms with Crippen LogP contribution in [0.5, 0.6) is 0 Å². The number of amides is 6. The number of carbonyl (C=O) groups excluding carboxylic acids is 6. The smallest absolute Gasteiger partial charge is 0.244 e. The standard InChI is InChI=1S/C32H40N6O6S2/c1-19(2)27-32(44)37-25-18-46-45-14-13-33-28(40)24(17-26(39)38-27)36-30(42)22(15-20-9-5-3-6-10-20)34-29(41)23(35-31(25)43)16-21-11-7-4-8-12-21/h3-12,19,22-25,27H,13-18H2,1-2H3,(H,33,40)(H,34,41)(H,35,43)(H,36,42)(H,37,44)(H,38,39)/t22-,23-,24-,25-,27+/m0/s1. The summed E-state index contributed by atoms with van der Waals surface area (Å²) in [4.78, 5) is 81.5. The summed E-state index contributed by atoms with van der Waals surface area (Å²) in [5.74, 6) is -3.39. The van der Waals surface area contributed by atoms with Gasteiger partial charge in [0.2, 0.25) is 35.4 Å². The predicted molar refractivity (Wildman–Crippen MR) is 177 cm³/mol. The highest BCUT2D eigenvalue weighted by Crippen LogP contribution is 2.22. The van der Waals surface area contributed by atoms with Gasteiger partial charge in [-0.25, -0.2) is 0 Å². The Morgan fingerprint density at radius 1 is 0.630 bits per heavy atom. The normalized spacial score (nSPS) is 25.7. The monoisotopic (exact) mass is 668 g/mol. The molecule has 5 atom stereocenters. The number of nitrogens with one attached hydrogen (secondary N) is 6. The predicted octanol–water partition coefficient (Wildman–Crippen LogP) is 0.467. The second-order valence-corrected chi connectivity index (χ2v) is 14.1. The average Bonchev–Trinajstić information content (AvgIpc) is 3.03. The van der Waals surface area contributed by atoms with E-state index < -0.39 is 72.1 Å². The number of benzene rings is 2. The van der Waals surface area contributed by atoms with Crippen LogP contribution in [0.25, 0.3) is 0 Å². The van der Waals surface area contributed by atoms with Crippen molar-refractivity contribution in [3.05, 3.63) is 71.8 Å². The lowest BCUT2D eigenvalue weighted by Gasteiger charge is -2.29. The lowest BCUT2D eigenvalue weighted by atomic mass is 10.0. The van der Waals surface area contributed by atoms with Crippen LogP contribution in [0, 0.1) is 5.92 Å². The van der Waals surface area contributed by atoms with Gasteiger partial charge in [0.1, 0.15) is 30.2 Å². The van der Waals surface area contributed by atoms with Crippen LogP contribution >= 0.6 is 21.6 Å². The fourth-order valence-electron chi connectivity index (χ4n) is 5.06. The quantitative estimate of drug-likeness (QED) is 0.250. The summed E-state index contributed by atoms with van der Waals surface area (Å²) in [6.45, 7) is 3.74. The molecule has 2 aromatic carbocycles. The van der Waals surface area contributed by atoms with Crippen molar-refractivity contribution >= 4 is 57.0 Å². The first-order chi connectivity index (χ1) is 22.1. The molecule has 0 spiro atoms. The zero-order chi connectivity index (χ0) is 33.1. The topological polar surface area (TPSA) is 175 Å². The highest BCUT2D eigenvalue weighted by Gasteiger charge is 2.35. The zero-order valence-electron chi connectivity index (χ0n) is 25.7. The van der Waals surface area contributed by atoms with Crippen molar-refractivity contribution in [1.82, 2.24) is 31.9 Å². The van der Waals surface area contributed by atoms with Gasteiger partial charge in [-0.1, -0.05) is 96.1 Å². The van der Waals surface area contributed by atoms with Gasteiger partial charge in [0.25, 0.3) is 0 Å². The molecule has 12 nitrogen and oxygen atoms in total. The van der Waals surface area contributed by atoms with Gasteiger partial charge >= 0.3 is 0 Å². The van der Waals surface area contributed by atoms with Gasteiger partial charge in [-0.15, -0.1) is 0 Å². The molecule has 6 amide bonds. The van der Waals surface area contributed by atoms with E-state index in [4.69, 9.17) is 0 Å². The van der Waals surface area contributed by atoms with E-state index in [-0.39, 0.29) is 31.1 Å². The largest absolute Gasteiger partial charge is 0.353 e. The van der Waals surface area contributed by atoms with Crippen molar-refractivity contribution < 1.29 is 28.8 Å². The van der Waals surface area contributed by atoms with Crippen LogP contribution in [0.15, 0.2) is 60.7 Å². The molecule has 0 unspecified atom stereocenters. The van der Waals surface area contributed by atoms with E-state index in [2.05, 4.69) is 31.9 Å². The first kappa shape index (κ1) is 34.8. The lowest BCUT2D eigenvalue weighted by molar-refractivity contribution is -0.137. The Balaban J connectivity index is 1.77. The Morgan fingerprint density at radius 3 is 1.76 bits per heavy atom. The average molecular weight is 669 g/mol. The number of hydrogen-bond acceptors (Lipinski definition) is 8. The third kappa shape index (κ3) is 10.2. The van der Waals surface area contributed by atoms with Crippen LogP contribution in [0.2, 0.25) is 0 Å². The SMILES string of the molecule is CC(C)[C@H]1NC(=O)C[C@@H]2NC(=O)[C@H](Cc3ccccc3)NC(=O)[C@H](Cc3ccccc3)NC(=O)[C@H](CSSCCNC2=O)NC1=O. The van der Waals surface area contributed by atoms with Gasteiger partial charge in [-0.2, -0.15) is 0 Å². The van der Waals surface area contributed by atoms with Crippen molar-refractivity contribution in [2.24, 2.45) is 5.92 Å². The third-order valence-corrected chi connectivity index (χ3v) is 9.97. The minimum atomic E-state index is -1.28. The van der Waals surface area contributed by atoms with Gasteiger partial charge < -0.3 is 31.9 Å². The summed E-state index contributed by atoms with van der Waals surface area (Å²) in [7, 11) is 2.73. The minimum absolute atomic E-state index is 0.0896. The molecule has 2 aliphatic rings. The zero-order valence-corrected chi connectivity index (χ0v) is 27.4. The van der Waals surface area contributed by atoms with E-state index in [1.54, 1.807) is 26.0 Å². The summed E-state index contributed by atoms with van der Waals surface area (Å²) in [5, 5.41) is 16.5. The van der Waals surface area contributed by atoms with Crippen LogP contribution in [-0.4, -0.2) is 83.7 Å². The molecule has 14 heteroatoms. The molecular formula is C32H40N6O6S2. The molecule has 2 fully saturated rings. The molecule has 0 saturated carbocycles. The van der Waals surface area contributed by atoms with Crippen LogP contribution < -0.4 is 31.9 Å². The summed E-state index contributed by atoms with van der Waals surface area (Å²) in [6.07, 6.45) is -0.231. The van der Waals surface area contributed by atoms with Gasteiger partial charge in [0, 0.05) is 30.9 Å². The maximum atomic E-state index is 13.9. The molecule has 0 aromatic heterocycles. The Labute approximate surface area is 276 Å². The van der Waals surface area contributed by atoms with E-state index >= 15 is 0 Å². The van der Waals surface area contributed by atoms with Crippen LogP contribution in [-0.2, 0) is 41.6 Å². The van der Waals surface area contributed by atoms with E-state index in [1.807, 2.05) is 48.5 Å². The number of hydrogen-bond donors (Lipinski definition) is 6. The van der Waals surface area contributed by atoms with Crippen molar-refractivity contribution in [2.75, 3.05) is 18.1 Å². The van der Waals surface area contributed by atoms with Crippen molar-refractivity contribution in [2.45, 2.75) is 63.3 Å².